The summed E-state index contributed by atoms with van der Waals surface area (Å²) in [7, 11) is 4.61. The van der Waals surface area contributed by atoms with Crippen molar-refractivity contribution in [2.45, 2.75) is 175 Å². The van der Waals surface area contributed by atoms with Crippen LogP contribution in [0.5, 0.6) is 0 Å². The molecule has 0 spiro atoms. The highest BCUT2D eigenvalue weighted by Gasteiger charge is 2.32. The molecule has 0 aromatic rings. The molecule has 0 bridgehead atoms. The first-order valence-electron chi connectivity index (χ1n) is 18.5. The summed E-state index contributed by atoms with van der Waals surface area (Å²) in [4.78, 5) is 24.2. The second-order valence-corrected chi connectivity index (χ2v) is 15.0. The Hall–Kier alpha value is -1.32. The number of unbranched alkanes of at least 4 members (excludes halogenated alkanes) is 2. The summed E-state index contributed by atoms with van der Waals surface area (Å²) in [5.74, 6) is -0.398. The molecule has 8 heteroatoms. The maximum atomic E-state index is 12.9. The summed E-state index contributed by atoms with van der Waals surface area (Å²) in [6.07, 6.45) is 15.8. The van der Waals surface area contributed by atoms with Gasteiger partial charge in [-0.05, 0) is 95.5 Å². The van der Waals surface area contributed by atoms with Gasteiger partial charge in [-0.25, -0.2) is 0 Å². The van der Waals surface area contributed by atoms with Crippen molar-refractivity contribution in [2.75, 3.05) is 21.3 Å². The van der Waals surface area contributed by atoms with Crippen molar-refractivity contribution in [3.05, 3.63) is 12.2 Å². The van der Waals surface area contributed by atoms with E-state index in [2.05, 4.69) is 32.4 Å². The van der Waals surface area contributed by atoms with Crippen molar-refractivity contribution >= 4 is 11.8 Å². The van der Waals surface area contributed by atoms with E-state index in [-0.39, 0.29) is 42.0 Å². The summed E-state index contributed by atoms with van der Waals surface area (Å²) in [6.45, 7) is 14.5. The predicted molar refractivity (Wildman–Crippen MR) is 191 cm³/mol. The van der Waals surface area contributed by atoms with Crippen LogP contribution in [0.1, 0.15) is 151 Å². The molecule has 0 radical (unpaired) electrons. The molecular formula is C39H74O8. The number of carbonyl (C=O) groups excluding carboxylic acids is 2. The minimum absolute atomic E-state index is 0.00627. The van der Waals surface area contributed by atoms with Crippen LogP contribution in [0.15, 0.2) is 12.2 Å². The molecule has 0 aromatic carbocycles. The monoisotopic (exact) mass is 671 g/mol. The van der Waals surface area contributed by atoms with E-state index < -0.39 is 17.5 Å². The van der Waals surface area contributed by atoms with Gasteiger partial charge in [-0.15, -0.1) is 0 Å². The molecule has 0 heterocycles. The number of hydrogen-bond acceptors (Lipinski definition) is 8. The number of carbonyl (C=O) groups is 2. The number of methoxy groups -OCH3 is 3. The van der Waals surface area contributed by atoms with E-state index in [0.29, 0.717) is 31.1 Å². The Morgan fingerprint density at radius 2 is 1.45 bits per heavy atom. The second kappa shape index (κ2) is 24.8. The topological polar surface area (TPSA) is 123 Å². The summed E-state index contributed by atoms with van der Waals surface area (Å²) >= 11 is 0. The quantitative estimate of drug-likeness (QED) is 0.0315. The zero-order valence-corrected chi connectivity index (χ0v) is 31.9. The molecule has 0 aromatic heterocycles. The van der Waals surface area contributed by atoms with Gasteiger partial charge in [0.1, 0.15) is 5.78 Å². The van der Waals surface area contributed by atoms with E-state index in [0.717, 1.165) is 77.0 Å². The summed E-state index contributed by atoms with van der Waals surface area (Å²) in [5.41, 5.74) is -0.701. The number of ether oxygens (including phenoxy) is 3. The third-order valence-electron chi connectivity index (χ3n) is 10.4. The minimum Gasteiger partial charge on any atom is -0.469 e. The second-order valence-electron chi connectivity index (χ2n) is 15.0. The normalized spacial score (nSPS) is 19.3. The first kappa shape index (κ1) is 45.7. The molecule has 0 saturated heterocycles. The SMILES string of the molecule is CCC(CCC[C@@](C)(O)CCC/C=C\C(O)(OC)C(C)CC(C)CCC(=O)C(C)C[C@H](C)CCCCC(O)CC(=O)OC)C(C)OC. The number of Topliss-reactive ketones (excluding diaryl/α,β-unsaturated/α-hetero) is 1. The Morgan fingerprint density at radius 1 is 0.830 bits per heavy atom. The van der Waals surface area contributed by atoms with Gasteiger partial charge in [0.2, 0.25) is 0 Å². The molecule has 0 saturated carbocycles. The van der Waals surface area contributed by atoms with E-state index in [1.54, 1.807) is 13.2 Å². The van der Waals surface area contributed by atoms with Crippen molar-refractivity contribution in [3.8, 4) is 0 Å². The third-order valence-corrected chi connectivity index (χ3v) is 10.4. The Bertz CT molecular complexity index is 858. The van der Waals surface area contributed by atoms with Crippen LogP contribution in [0.3, 0.4) is 0 Å². The number of rotatable bonds is 29. The molecule has 0 fully saturated rings. The molecule has 0 aliphatic heterocycles. The number of ketones is 1. The lowest BCUT2D eigenvalue weighted by Gasteiger charge is -2.31. The molecule has 8 nitrogen and oxygen atoms in total. The number of aliphatic hydroxyl groups is 3. The van der Waals surface area contributed by atoms with E-state index in [4.69, 9.17) is 9.47 Å². The molecule has 7 unspecified atom stereocenters. The largest absolute Gasteiger partial charge is 0.469 e. The molecule has 0 amide bonds. The van der Waals surface area contributed by atoms with Crippen molar-refractivity contribution in [1.82, 2.24) is 0 Å². The van der Waals surface area contributed by atoms with E-state index in [1.165, 1.54) is 14.2 Å². The Balaban J connectivity index is 4.49. The van der Waals surface area contributed by atoms with Crippen LogP contribution in [0.2, 0.25) is 0 Å². The van der Waals surface area contributed by atoms with Crippen LogP contribution in [0, 0.1) is 29.6 Å². The highest BCUT2D eigenvalue weighted by atomic mass is 16.6. The molecule has 9 atom stereocenters. The van der Waals surface area contributed by atoms with Crippen LogP contribution in [-0.4, -0.2) is 72.0 Å². The van der Waals surface area contributed by atoms with Gasteiger partial charge in [-0.1, -0.05) is 72.8 Å². The first-order valence-corrected chi connectivity index (χ1v) is 18.5. The zero-order chi connectivity index (χ0) is 36.0. The highest BCUT2D eigenvalue weighted by Crippen LogP contribution is 2.30. The van der Waals surface area contributed by atoms with Crippen molar-refractivity contribution in [2.24, 2.45) is 29.6 Å². The van der Waals surface area contributed by atoms with Gasteiger partial charge in [-0.3, -0.25) is 9.59 Å². The maximum Gasteiger partial charge on any atom is 0.308 e. The van der Waals surface area contributed by atoms with Crippen LogP contribution in [0.4, 0.5) is 0 Å². The van der Waals surface area contributed by atoms with E-state index in [1.807, 2.05) is 26.8 Å². The van der Waals surface area contributed by atoms with Crippen LogP contribution >= 0.6 is 0 Å². The van der Waals surface area contributed by atoms with Gasteiger partial charge >= 0.3 is 5.97 Å². The van der Waals surface area contributed by atoms with Gasteiger partial charge < -0.3 is 29.5 Å². The zero-order valence-electron chi connectivity index (χ0n) is 31.9. The fourth-order valence-electron chi connectivity index (χ4n) is 6.75. The number of esters is 1. The van der Waals surface area contributed by atoms with Gasteiger partial charge in [0.15, 0.2) is 5.79 Å². The minimum atomic E-state index is -1.37. The van der Waals surface area contributed by atoms with Crippen LogP contribution in [-0.2, 0) is 23.8 Å². The van der Waals surface area contributed by atoms with Gasteiger partial charge in [-0.2, -0.15) is 0 Å². The lowest BCUT2D eigenvalue weighted by Crippen LogP contribution is -2.37. The Morgan fingerprint density at radius 3 is 2.04 bits per heavy atom. The molecule has 47 heavy (non-hydrogen) atoms. The number of aliphatic hydroxyl groups excluding tert-OH is 1. The van der Waals surface area contributed by atoms with Gasteiger partial charge in [0, 0.05) is 32.5 Å². The van der Waals surface area contributed by atoms with Gasteiger partial charge in [0.25, 0.3) is 0 Å². The predicted octanol–water partition coefficient (Wildman–Crippen LogP) is 8.19. The van der Waals surface area contributed by atoms with Crippen molar-refractivity contribution < 1.29 is 39.1 Å². The lowest BCUT2D eigenvalue weighted by atomic mass is 9.84. The molecule has 0 rings (SSSR count). The summed E-state index contributed by atoms with van der Waals surface area (Å²) in [5, 5.41) is 32.0. The fraction of sp³-hybridized carbons (Fsp3) is 0.897. The standard InChI is InChI=1S/C39H74O8/c1-11-34(33(6)45-8)19-17-24-38(7,43)23-15-12-16-25-39(44,47-10)32(5)27-30(3)21-22-36(41)31(4)26-29(2)18-13-14-20-35(40)28-37(42)46-9/h16,25,29-35,40,43-44H,11-15,17-24,26-28H2,1-10H3/b25-16-/t29-,30?,31?,32?,33?,34?,35?,38+,39?/m1/s1. The molecular weight excluding hydrogens is 596 g/mol. The summed E-state index contributed by atoms with van der Waals surface area (Å²) in [6, 6.07) is 0. The van der Waals surface area contributed by atoms with E-state index in [9.17, 15) is 24.9 Å². The molecule has 3 N–H and O–H groups in total. The average Bonchev–Trinajstić information content (AvgIpc) is 3.02. The van der Waals surface area contributed by atoms with Crippen LogP contribution in [0.25, 0.3) is 0 Å². The van der Waals surface area contributed by atoms with Crippen molar-refractivity contribution in [1.29, 1.82) is 0 Å². The molecule has 0 aliphatic carbocycles. The average molecular weight is 671 g/mol. The highest BCUT2D eigenvalue weighted by molar-refractivity contribution is 5.80. The van der Waals surface area contributed by atoms with Crippen molar-refractivity contribution in [3.63, 3.8) is 0 Å². The smallest absolute Gasteiger partial charge is 0.308 e. The maximum absolute atomic E-state index is 12.9. The number of allylic oxidation sites excluding steroid dienone is 1. The Kier molecular flexibility index (Phi) is 24.1. The molecule has 278 valence electrons. The first-order chi connectivity index (χ1) is 22.0. The lowest BCUT2D eigenvalue weighted by molar-refractivity contribution is -0.183. The van der Waals surface area contributed by atoms with Crippen LogP contribution < -0.4 is 0 Å². The molecule has 0 aliphatic rings. The number of hydrogen-bond donors (Lipinski definition) is 3. The summed E-state index contributed by atoms with van der Waals surface area (Å²) < 4.78 is 15.6. The van der Waals surface area contributed by atoms with E-state index >= 15 is 0 Å². The Labute approximate surface area is 288 Å². The van der Waals surface area contributed by atoms with Gasteiger partial charge in [0.05, 0.1) is 31.3 Å². The fourth-order valence-corrected chi connectivity index (χ4v) is 6.75. The third kappa shape index (κ3) is 20.7.